The summed E-state index contributed by atoms with van der Waals surface area (Å²) in [6, 6.07) is 13.0. The van der Waals surface area contributed by atoms with Gasteiger partial charge >= 0.3 is 0 Å². The van der Waals surface area contributed by atoms with E-state index in [0.29, 0.717) is 5.02 Å². The third-order valence-electron chi connectivity index (χ3n) is 5.53. The summed E-state index contributed by atoms with van der Waals surface area (Å²) in [5, 5.41) is 4.03. The summed E-state index contributed by atoms with van der Waals surface area (Å²) < 4.78 is 19.5. The molecule has 0 radical (unpaired) electrons. The number of rotatable bonds is 5. The highest BCUT2D eigenvalue weighted by molar-refractivity contribution is 6.32. The quantitative estimate of drug-likeness (QED) is 0.818. The zero-order chi connectivity index (χ0) is 19.3. The van der Waals surface area contributed by atoms with E-state index in [9.17, 15) is 4.39 Å². The number of ether oxygens (including phenoxy) is 1. The molecule has 2 fully saturated rings. The maximum atomic E-state index is 13.4. The Bertz CT molecular complexity index is 789. The lowest BCUT2D eigenvalue weighted by Gasteiger charge is -2.36. The van der Waals surface area contributed by atoms with Crippen molar-refractivity contribution in [1.82, 2.24) is 10.2 Å². The number of hydrogen-bond acceptors (Lipinski definition) is 4. The molecule has 2 heterocycles. The van der Waals surface area contributed by atoms with Gasteiger partial charge in [0.05, 0.1) is 5.02 Å². The van der Waals surface area contributed by atoms with E-state index in [4.69, 9.17) is 16.3 Å². The fourth-order valence-corrected chi connectivity index (χ4v) is 4.17. The van der Waals surface area contributed by atoms with E-state index in [1.54, 1.807) is 12.1 Å². The smallest absolute Gasteiger partial charge is 0.138 e. The van der Waals surface area contributed by atoms with E-state index in [-0.39, 0.29) is 11.9 Å². The number of hydrogen-bond donors (Lipinski definition) is 1. The van der Waals surface area contributed by atoms with E-state index in [1.165, 1.54) is 11.6 Å². The SMILES string of the molecule is Fc1cccc(N2CCN(Cc3ccc(OC4CCNCC4)c(Cl)c3)CC2)c1. The summed E-state index contributed by atoms with van der Waals surface area (Å²) in [5.74, 6) is 0.606. The molecule has 2 aromatic carbocycles. The molecule has 6 heteroatoms. The first-order valence-electron chi connectivity index (χ1n) is 10.1. The van der Waals surface area contributed by atoms with Gasteiger partial charge in [0.1, 0.15) is 17.7 Å². The van der Waals surface area contributed by atoms with Crippen molar-refractivity contribution >= 4 is 17.3 Å². The van der Waals surface area contributed by atoms with Crippen LogP contribution in [0.1, 0.15) is 18.4 Å². The van der Waals surface area contributed by atoms with Gasteiger partial charge in [-0.3, -0.25) is 4.90 Å². The largest absolute Gasteiger partial charge is 0.489 e. The number of piperazine rings is 1. The molecule has 2 aromatic rings. The fraction of sp³-hybridized carbons (Fsp3) is 0.455. The third-order valence-corrected chi connectivity index (χ3v) is 5.82. The van der Waals surface area contributed by atoms with Crippen molar-refractivity contribution in [2.75, 3.05) is 44.2 Å². The van der Waals surface area contributed by atoms with Crippen molar-refractivity contribution < 1.29 is 9.13 Å². The summed E-state index contributed by atoms with van der Waals surface area (Å²) in [4.78, 5) is 4.65. The predicted molar refractivity (Wildman–Crippen MR) is 112 cm³/mol. The average molecular weight is 404 g/mol. The van der Waals surface area contributed by atoms with Crippen LogP contribution in [-0.4, -0.2) is 50.3 Å². The van der Waals surface area contributed by atoms with Crippen LogP contribution in [0, 0.1) is 5.82 Å². The van der Waals surface area contributed by atoms with Gasteiger partial charge in [-0.2, -0.15) is 0 Å². The maximum absolute atomic E-state index is 13.4. The molecule has 0 saturated carbocycles. The molecule has 2 aliphatic heterocycles. The Balaban J connectivity index is 1.30. The topological polar surface area (TPSA) is 27.7 Å². The van der Waals surface area contributed by atoms with Gasteiger partial charge in [0.25, 0.3) is 0 Å². The molecular weight excluding hydrogens is 377 g/mol. The van der Waals surface area contributed by atoms with Crippen LogP contribution >= 0.6 is 11.6 Å². The second kappa shape index (κ2) is 9.12. The van der Waals surface area contributed by atoms with Crippen LogP contribution in [0.3, 0.4) is 0 Å². The minimum absolute atomic E-state index is 0.179. The number of nitrogens with one attached hydrogen (secondary N) is 1. The molecule has 150 valence electrons. The molecule has 4 rings (SSSR count). The van der Waals surface area contributed by atoms with Gasteiger partial charge in [-0.05, 0) is 61.8 Å². The lowest BCUT2D eigenvalue weighted by molar-refractivity contribution is 0.162. The van der Waals surface area contributed by atoms with Gasteiger partial charge < -0.3 is 15.0 Å². The molecule has 0 spiro atoms. The minimum Gasteiger partial charge on any atom is -0.489 e. The molecule has 0 atom stereocenters. The Hall–Kier alpha value is -1.82. The first kappa shape index (κ1) is 19.5. The molecule has 0 aromatic heterocycles. The van der Waals surface area contributed by atoms with E-state index in [0.717, 1.165) is 70.1 Å². The van der Waals surface area contributed by atoms with Crippen LogP contribution in [0.15, 0.2) is 42.5 Å². The van der Waals surface area contributed by atoms with Gasteiger partial charge in [0.15, 0.2) is 0 Å². The molecule has 28 heavy (non-hydrogen) atoms. The zero-order valence-electron chi connectivity index (χ0n) is 16.0. The summed E-state index contributed by atoms with van der Waals surface area (Å²) in [5.41, 5.74) is 2.16. The van der Waals surface area contributed by atoms with Crippen molar-refractivity contribution in [1.29, 1.82) is 0 Å². The number of nitrogens with zero attached hydrogens (tertiary/aromatic N) is 2. The number of benzene rings is 2. The Morgan fingerprint density at radius 2 is 1.82 bits per heavy atom. The average Bonchev–Trinajstić information content (AvgIpc) is 2.71. The van der Waals surface area contributed by atoms with E-state index in [1.807, 2.05) is 18.2 Å². The lowest BCUT2D eigenvalue weighted by atomic mass is 10.1. The fourth-order valence-electron chi connectivity index (χ4n) is 3.93. The van der Waals surface area contributed by atoms with Crippen LogP contribution in [0.4, 0.5) is 10.1 Å². The van der Waals surface area contributed by atoms with Crippen molar-refractivity contribution in [3.05, 3.63) is 58.9 Å². The monoisotopic (exact) mass is 403 g/mol. The standard InChI is InChI=1S/C22H27ClFN3O/c23-21-14-17(4-5-22(21)28-20-6-8-25-9-7-20)16-26-10-12-27(13-11-26)19-3-1-2-18(24)15-19/h1-5,14-15,20,25H,6-13,16H2. The Labute approximate surface area is 171 Å². The van der Waals surface area contributed by atoms with Gasteiger partial charge in [-0.15, -0.1) is 0 Å². The summed E-state index contributed by atoms with van der Waals surface area (Å²) >= 11 is 6.48. The molecule has 0 unspecified atom stereocenters. The number of halogens is 2. The first-order valence-corrected chi connectivity index (χ1v) is 10.4. The molecule has 0 amide bonds. The highest BCUT2D eigenvalue weighted by atomic mass is 35.5. The molecule has 4 nitrogen and oxygen atoms in total. The highest BCUT2D eigenvalue weighted by Gasteiger charge is 2.19. The van der Waals surface area contributed by atoms with Crippen molar-refractivity contribution in [2.45, 2.75) is 25.5 Å². The Morgan fingerprint density at radius 1 is 1.04 bits per heavy atom. The highest BCUT2D eigenvalue weighted by Crippen LogP contribution is 2.28. The maximum Gasteiger partial charge on any atom is 0.138 e. The second-order valence-electron chi connectivity index (χ2n) is 7.58. The Morgan fingerprint density at radius 3 is 2.54 bits per heavy atom. The van der Waals surface area contributed by atoms with Crippen LogP contribution in [0.5, 0.6) is 5.75 Å². The molecule has 1 N–H and O–H groups in total. The van der Waals surface area contributed by atoms with Crippen LogP contribution in [0.25, 0.3) is 0 Å². The van der Waals surface area contributed by atoms with E-state index >= 15 is 0 Å². The van der Waals surface area contributed by atoms with Gasteiger partial charge in [-0.25, -0.2) is 4.39 Å². The predicted octanol–water partition coefficient (Wildman–Crippen LogP) is 3.93. The van der Waals surface area contributed by atoms with Crippen molar-refractivity contribution in [3.63, 3.8) is 0 Å². The number of anilines is 1. The zero-order valence-corrected chi connectivity index (χ0v) is 16.8. The Kier molecular flexibility index (Phi) is 6.35. The van der Waals surface area contributed by atoms with Gasteiger partial charge in [0, 0.05) is 38.4 Å². The first-order chi connectivity index (χ1) is 13.7. The van der Waals surface area contributed by atoms with Crippen molar-refractivity contribution in [3.8, 4) is 5.75 Å². The van der Waals surface area contributed by atoms with Crippen LogP contribution < -0.4 is 15.0 Å². The normalized spacial score (nSPS) is 19.0. The molecule has 2 aliphatic rings. The van der Waals surface area contributed by atoms with Gasteiger partial charge in [0.2, 0.25) is 0 Å². The molecule has 0 aliphatic carbocycles. The second-order valence-corrected chi connectivity index (χ2v) is 7.98. The number of piperidine rings is 1. The minimum atomic E-state index is -0.179. The van der Waals surface area contributed by atoms with Gasteiger partial charge in [-0.1, -0.05) is 23.7 Å². The molecule has 0 bridgehead atoms. The van der Waals surface area contributed by atoms with Crippen LogP contribution in [-0.2, 0) is 6.54 Å². The van der Waals surface area contributed by atoms with E-state index in [2.05, 4.69) is 21.2 Å². The lowest BCUT2D eigenvalue weighted by Crippen LogP contribution is -2.46. The summed E-state index contributed by atoms with van der Waals surface area (Å²) in [6.45, 7) is 6.55. The third kappa shape index (κ3) is 4.96. The van der Waals surface area contributed by atoms with E-state index < -0.39 is 0 Å². The summed E-state index contributed by atoms with van der Waals surface area (Å²) in [7, 11) is 0. The molecule has 2 saturated heterocycles. The van der Waals surface area contributed by atoms with Crippen molar-refractivity contribution in [2.24, 2.45) is 0 Å². The van der Waals surface area contributed by atoms with Crippen LogP contribution in [0.2, 0.25) is 5.02 Å². The summed E-state index contributed by atoms with van der Waals surface area (Å²) in [6.07, 6.45) is 2.29. The molecular formula is C22H27ClFN3O.